The number of hydrogen-bond acceptors (Lipinski definition) is 1. The van der Waals surface area contributed by atoms with Gasteiger partial charge in [0.2, 0.25) is 0 Å². The monoisotopic (exact) mass is 305 g/mol. The molecule has 2 nitrogen and oxygen atoms in total. The summed E-state index contributed by atoms with van der Waals surface area (Å²) in [6, 6.07) is 5.58. The van der Waals surface area contributed by atoms with E-state index in [9.17, 15) is 4.79 Å². The number of fused-ring (bicyclic) bond motifs is 1. The van der Waals surface area contributed by atoms with Crippen LogP contribution in [-0.2, 0) is 0 Å². The Bertz CT molecular complexity index is 439. The van der Waals surface area contributed by atoms with E-state index < -0.39 is 0 Å². The second-order valence-electron chi connectivity index (χ2n) is 2.70. The van der Waals surface area contributed by atoms with Crippen molar-refractivity contribution in [3.05, 3.63) is 32.5 Å². The van der Waals surface area contributed by atoms with Gasteiger partial charge in [-0.15, -0.1) is 0 Å². The number of carbonyl (C=O) groups excluding carboxylic acids is 1. The minimum atomic E-state index is 0.577. The van der Waals surface area contributed by atoms with Crippen LogP contribution in [0.15, 0.2) is 18.2 Å². The normalized spacial score (nSPS) is 10.6. The average Bonchev–Trinajstić information content (AvgIpc) is 2.48. The lowest BCUT2D eigenvalue weighted by Crippen LogP contribution is -1.76. The summed E-state index contributed by atoms with van der Waals surface area (Å²) in [6.07, 6.45) is 0.792. The number of nitrogens with one attached hydrogen (secondary N) is 1. The Hall–Kier alpha value is -0.550. The third kappa shape index (κ3) is 1.58. The summed E-state index contributed by atoms with van der Waals surface area (Å²) in [7, 11) is 0. The molecule has 1 aromatic carbocycles. The predicted molar refractivity (Wildman–Crippen MR) is 61.4 cm³/mol. The van der Waals surface area contributed by atoms with Gasteiger partial charge in [-0.2, -0.15) is 0 Å². The first-order chi connectivity index (χ1) is 6.20. The van der Waals surface area contributed by atoms with Crippen molar-refractivity contribution >= 4 is 51.4 Å². The highest BCUT2D eigenvalue weighted by molar-refractivity contribution is 14.1. The van der Waals surface area contributed by atoms with Gasteiger partial charge in [-0.3, -0.25) is 4.79 Å². The van der Waals surface area contributed by atoms with E-state index in [-0.39, 0.29) is 0 Å². The number of halogens is 2. The van der Waals surface area contributed by atoms with Crippen molar-refractivity contribution in [3.63, 3.8) is 0 Å². The van der Waals surface area contributed by atoms with Crippen LogP contribution in [0.25, 0.3) is 10.9 Å². The largest absolute Gasteiger partial charge is 0.352 e. The summed E-state index contributed by atoms with van der Waals surface area (Å²) in [5.41, 5.74) is 1.47. The maximum atomic E-state index is 10.5. The van der Waals surface area contributed by atoms with E-state index in [0.29, 0.717) is 10.7 Å². The Kier molecular flexibility index (Phi) is 2.29. The molecular weight excluding hydrogens is 300 g/mol. The molecule has 2 rings (SSSR count). The fraction of sp³-hybridized carbons (Fsp3) is 0. The Morgan fingerprint density at radius 3 is 2.85 bits per heavy atom. The molecule has 0 saturated heterocycles. The highest BCUT2D eigenvalue weighted by Crippen LogP contribution is 2.25. The van der Waals surface area contributed by atoms with Crippen molar-refractivity contribution in [1.82, 2.24) is 4.98 Å². The molecule has 2 aromatic rings. The van der Waals surface area contributed by atoms with E-state index in [1.165, 1.54) is 0 Å². The zero-order valence-electron chi connectivity index (χ0n) is 6.47. The van der Waals surface area contributed by atoms with Crippen LogP contribution in [0.5, 0.6) is 0 Å². The highest BCUT2D eigenvalue weighted by Gasteiger charge is 2.03. The quantitative estimate of drug-likeness (QED) is 0.637. The van der Waals surface area contributed by atoms with Gasteiger partial charge in [-0.1, -0.05) is 11.6 Å². The molecule has 13 heavy (non-hydrogen) atoms. The van der Waals surface area contributed by atoms with Crippen LogP contribution in [-0.4, -0.2) is 11.3 Å². The number of benzene rings is 1. The van der Waals surface area contributed by atoms with E-state index in [1.807, 2.05) is 12.1 Å². The van der Waals surface area contributed by atoms with Crippen molar-refractivity contribution in [3.8, 4) is 0 Å². The Morgan fingerprint density at radius 1 is 1.38 bits per heavy atom. The number of aromatic nitrogens is 1. The molecule has 0 amide bonds. The maximum absolute atomic E-state index is 10.5. The fourth-order valence-corrected chi connectivity index (χ4v) is 1.87. The Labute approximate surface area is 93.4 Å². The summed E-state index contributed by atoms with van der Waals surface area (Å²) in [5.74, 6) is 0. The second kappa shape index (κ2) is 3.31. The summed E-state index contributed by atoms with van der Waals surface area (Å²) in [6.45, 7) is 0. The lowest BCUT2D eigenvalue weighted by Gasteiger charge is -1.94. The predicted octanol–water partition coefficient (Wildman–Crippen LogP) is 3.24. The Balaban J connectivity index is 2.77. The number of H-pyrrole nitrogens is 1. The minimum absolute atomic E-state index is 0.577. The van der Waals surface area contributed by atoms with Crippen molar-refractivity contribution in [2.45, 2.75) is 0 Å². The van der Waals surface area contributed by atoms with Gasteiger partial charge in [0.15, 0.2) is 6.29 Å². The molecule has 0 atom stereocenters. The van der Waals surface area contributed by atoms with Gasteiger partial charge in [0, 0.05) is 14.5 Å². The molecule has 1 heterocycles. The zero-order valence-corrected chi connectivity index (χ0v) is 9.39. The van der Waals surface area contributed by atoms with Gasteiger partial charge in [0.1, 0.15) is 0 Å². The molecule has 0 saturated carbocycles. The van der Waals surface area contributed by atoms with Gasteiger partial charge < -0.3 is 4.98 Å². The first kappa shape index (κ1) is 9.02. The third-order valence-electron chi connectivity index (χ3n) is 1.81. The molecule has 66 valence electrons. The van der Waals surface area contributed by atoms with Crippen molar-refractivity contribution in [2.75, 3.05) is 0 Å². The van der Waals surface area contributed by atoms with Crippen LogP contribution in [0, 0.1) is 3.57 Å². The molecular formula is C9H5ClINO. The van der Waals surface area contributed by atoms with Crippen LogP contribution < -0.4 is 0 Å². The average molecular weight is 306 g/mol. The van der Waals surface area contributed by atoms with Gasteiger partial charge >= 0.3 is 0 Å². The number of hydrogen-bond donors (Lipinski definition) is 1. The number of carbonyl (C=O) groups is 1. The van der Waals surface area contributed by atoms with Crippen LogP contribution in [0.4, 0.5) is 0 Å². The van der Waals surface area contributed by atoms with Gasteiger partial charge in [0.05, 0.1) is 10.7 Å². The molecule has 0 aliphatic rings. The van der Waals surface area contributed by atoms with Crippen molar-refractivity contribution in [2.24, 2.45) is 0 Å². The van der Waals surface area contributed by atoms with E-state index in [0.717, 1.165) is 20.8 Å². The Morgan fingerprint density at radius 2 is 2.15 bits per heavy atom. The van der Waals surface area contributed by atoms with Gasteiger partial charge in [-0.25, -0.2) is 0 Å². The molecule has 0 radical (unpaired) electrons. The smallest absolute Gasteiger partial charge is 0.166 e. The number of aldehydes is 1. The molecule has 1 aromatic heterocycles. The van der Waals surface area contributed by atoms with Crippen molar-refractivity contribution in [1.29, 1.82) is 0 Å². The molecule has 0 fully saturated rings. The van der Waals surface area contributed by atoms with E-state index >= 15 is 0 Å². The highest BCUT2D eigenvalue weighted by atomic mass is 127. The second-order valence-corrected chi connectivity index (χ2v) is 4.27. The molecule has 0 bridgehead atoms. The number of aromatic amines is 1. The van der Waals surface area contributed by atoms with Crippen LogP contribution >= 0.6 is 34.2 Å². The molecule has 0 aliphatic carbocycles. The number of rotatable bonds is 1. The minimum Gasteiger partial charge on any atom is -0.352 e. The maximum Gasteiger partial charge on any atom is 0.166 e. The molecule has 4 heteroatoms. The molecule has 0 aliphatic heterocycles. The SMILES string of the molecule is O=Cc1cc2cc(I)c(Cl)cc2[nH]1. The summed E-state index contributed by atoms with van der Waals surface area (Å²) in [4.78, 5) is 13.4. The van der Waals surface area contributed by atoms with Crippen LogP contribution in [0.3, 0.4) is 0 Å². The topological polar surface area (TPSA) is 32.9 Å². The van der Waals surface area contributed by atoms with E-state index in [4.69, 9.17) is 11.6 Å². The first-order valence-corrected chi connectivity index (χ1v) is 5.09. The third-order valence-corrected chi connectivity index (χ3v) is 3.33. The fourth-order valence-electron chi connectivity index (χ4n) is 1.21. The molecule has 0 unspecified atom stereocenters. The van der Waals surface area contributed by atoms with Crippen LogP contribution in [0.2, 0.25) is 5.02 Å². The summed E-state index contributed by atoms with van der Waals surface area (Å²) in [5, 5.41) is 1.71. The summed E-state index contributed by atoms with van der Waals surface area (Å²) < 4.78 is 0.989. The van der Waals surface area contributed by atoms with Gasteiger partial charge in [0.25, 0.3) is 0 Å². The van der Waals surface area contributed by atoms with Crippen LogP contribution in [0.1, 0.15) is 10.5 Å². The molecule has 1 N–H and O–H groups in total. The lowest BCUT2D eigenvalue weighted by molar-refractivity contribution is 0.112. The van der Waals surface area contributed by atoms with E-state index in [1.54, 1.807) is 6.07 Å². The zero-order chi connectivity index (χ0) is 9.42. The standard InChI is InChI=1S/C9H5ClINO/c10-7-3-9-5(2-8(7)11)1-6(4-13)12-9/h1-4,12H. The molecule has 0 spiro atoms. The lowest BCUT2D eigenvalue weighted by atomic mass is 10.2. The van der Waals surface area contributed by atoms with Crippen molar-refractivity contribution < 1.29 is 4.79 Å². The van der Waals surface area contributed by atoms with Gasteiger partial charge in [-0.05, 0) is 40.8 Å². The first-order valence-electron chi connectivity index (χ1n) is 3.63. The van der Waals surface area contributed by atoms with E-state index in [2.05, 4.69) is 27.6 Å². The summed E-state index contributed by atoms with van der Waals surface area (Å²) >= 11 is 8.08.